The summed E-state index contributed by atoms with van der Waals surface area (Å²) in [6.45, 7) is 0. The maximum absolute atomic E-state index is 3.61. The standard InChI is InChI=1S/C48H34N2Si/c1-4-16-35(17-5-1)51(36-18-6-2-7-19-36,37-20-8-3-9-21-37)38-29-30-42-41-24-12-15-27-47(41)50(48(42)33-38)46-26-14-11-22-39(46)34-28-31-45-43(32-34)40-23-10-13-25-44(40)49-45/h1-33,49H. The Morgan fingerprint density at radius 3 is 1.61 bits per heavy atom. The van der Waals surface area contributed by atoms with Crippen LogP contribution in [-0.4, -0.2) is 17.6 Å². The molecule has 0 bridgehead atoms. The van der Waals surface area contributed by atoms with Gasteiger partial charge in [0.2, 0.25) is 0 Å². The van der Waals surface area contributed by atoms with Crippen molar-refractivity contribution in [2.24, 2.45) is 0 Å². The molecule has 0 amide bonds. The maximum atomic E-state index is 3.61. The van der Waals surface area contributed by atoms with Crippen LogP contribution in [0.1, 0.15) is 0 Å². The second-order valence-corrected chi connectivity index (χ2v) is 17.2. The van der Waals surface area contributed by atoms with E-state index in [1.165, 1.54) is 70.1 Å². The van der Waals surface area contributed by atoms with Gasteiger partial charge in [-0.2, -0.15) is 0 Å². The molecule has 2 heterocycles. The number of hydrogen-bond donors (Lipinski definition) is 1. The van der Waals surface area contributed by atoms with Crippen molar-refractivity contribution in [3.63, 3.8) is 0 Å². The number of fused-ring (bicyclic) bond motifs is 6. The summed E-state index contributed by atoms with van der Waals surface area (Å²) in [6.07, 6.45) is 0. The maximum Gasteiger partial charge on any atom is 0.179 e. The molecule has 0 saturated heterocycles. The van der Waals surface area contributed by atoms with Crippen molar-refractivity contribution in [1.29, 1.82) is 0 Å². The first kappa shape index (κ1) is 29.5. The van der Waals surface area contributed by atoms with Crippen molar-refractivity contribution in [3.05, 3.63) is 200 Å². The van der Waals surface area contributed by atoms with Crippen LogP contribution in [0.15, 0.2) is 200 Å². The van der Waals surface area contributed by atoms with Gasteiger partial charge in [-0.25, -0.2) is 0 Å². The van der Waals surface area contributed by atoms with Crippen molar-refractivity contribution in [2.45, 2.75) is 0 Å². The van der Waals surface area contributed by atoms with Gasteiger partial charge in [-0.05, 0) is 62.7 Å². The molecule has 8 aromatic carbocycles. The molecule has 0 fully saturated rings. The molecule has 3 heteroatoms. The Balaban J connectivity index is 1.28. The molecule has 0 radical (unpaired) electrons. The van der Waals surface area contributed by atoms with E-state index in [0.717, 1.165) is 11.0 Å². The normalized spacial score (nSPS) is 11.9. The molecule has 10 aromatic rings. The molecule has 0 aliphatic carbocycles. The van der Waals surface area contributed by atoms with Gasteiger partial charge in [-0.1, -0.05) is 164 Å². The first-order valence-electron chi connectivity index (χ1n) is 17.6. The summed E-state index contributed by atoms with van der Waals surface area (Å²) < 4.78 is 2.50. The van der Waals surface area contributed by atoms with Crippen molar-refractivity contribution in [1.82, 2.24) is 9.55 Å². The average Bonchev–Trinajstić information content (AvgIpc) is 3.74. The van der Waals surface area contributed by atoms with Crippen LogP contribution in [0.3, 0.4) is 0 Å². The highest BCUT2D eigenvalue weighted by Crippen LogP contribution is 2.37. The molecule has 0 aliphatic heterocycles. The third-order valence-electron chi connectivity index (χ3n) is 10.7. The van der Waals surface area contributed by atoms with Crippen LogP contribution in [0, 0.1) is 0 Å². The Morgan fingerprint density at radius 1 is 0.353 bits per heavy atom. The van der Waals surface area contributed by atoms with Crippen LogP contribution >= 0.6 is 0 Å². The number of H-pyrrole nitrogens is 1. The summed E-state index contributed by atoms with van der Waals surface area (Å²) in [5.41, 5.74) is 8.32. The van der Waals surface area contributed by atoms with Gasteiger partial charge in [0.1, 0.15) is 0 Å². The molecule has 0 atom stereocenters. The zero-order valence-electron chi connectivity index (χ0n) is 28.0. The zero-order valence-corrected chi connectivity index (χ0v) is 29.0. The zero-order chi connectivity index (χ0) is 33.8. The number of hydrogen-bond acceptors (Lipinski definition) is 0. The van der Waals surface area contributed by atoms with Crippen LogP contribution < -0.4 is 20.7 Å². The van der Waals surface area contributed by atoms with Gasteiger partial charge in [0, 0.05) is 38.1 Å². The van der Waals surface area contributed by atoms with Crippen LogP contribution in [0.4, 0.5) is 0 Å². The highest BCUT2D eigenvalue weighted by Gasteiger charge is 2.41. The summed E-state index contributed by atoms with van der Waals surface area (Å²) in [7, 11) is -2.73. The largest absolute Gasteiger partial charge is 0.355 e. The van der Waals surface area contributed by atoms with Gasteiger partial charge in [-0.15, -0.1) is 0 Å². The third-order valence-corrected chi connectivity index (χ3v) is 15.5. The lowest BCUT2D eigenvalue weighted by Gasteiger charge is -2.34. The summed E-state index contributed by atoms with van der Waals surface area (Å²) in [6, 6.07) is 74.0. The van der Waals surface area contributed by atoms with Crippen LogP contribution in [0.5, 0.6) is 0 Å². The van der Waals surface area contributed by atoms with E-state index >= 15 is 0 Å². The number of aromatic amines is 1. The quantitative estimate of drug-likeness (QED) is 0.135. The number of nitrogens with zero attached hydrogens (tertiary/aromatic N) is 1. The number of nitrogens with one attached hydrogen (secondary N) is 1. The Bertz CT molecular complexity index is 2750. The molecule has 51 heavy (non-hydrogen) atoms. The molecule has 1 N–H and O–H groups in total. The van der Waals surface area contributed by atoms with Gasteiger partial charge in [-0.3, -0.25) is 0 Å². The highest BCUT2D eigenvalue weighted by atomic mass is 28.3. The van der Waals surface area contributed by atoms with Crippen LogP contribution in [0.2, 0.25) is 0 Å². The lowest BCUT2D eigenvalue weighted by atomic mass is 10.0. The molecule has 10 rings (SSSR count). The van der Waals surface area contributed by atoms with Crippen molar-refractivity contribution in [3.8, 4) is 16.8 Å². The molecule has 0 aliphatic rings. The molecular formula is C48H34N2Si. The summed E-state index contributed by atoms with van der Waals surface area (Å²) in [4.78, 5) is 3.61. The summed E-state index contributed by atoms with van der Waals surface area (Å²) in [5.74, 6) is 0. The second-order valence-electron chi connectivity index (χ2n) is 13.4. The van der Waals surface area contributed by atoms with E-state index < -0.39 is 8.07 Å². The van der Waals surface area contributed by atoms with E-state index in [-0.39, 0.29) is 0 Å². The topological polar surface area (TPSA) is 20.7 Å². The minimum Gasteiger partial charge on any atom is -0.355 e. The third kappa shape index (κ3) is 4.56. The number of para-hydroxylation sites is 3. The van der Waals surface area contributed by atoms with Crippen molar-refractivity contribution >= 4 is 72.4 Å². The van der Waals surface area contributed by atoms with Gasteiger partial charge in [0.15, 0.2) is 8.07 Å². The second kappa shape index (κ2) is 11.9. The Morgan fingerprint density at radius 2 is 0.902 bits per heavy atom. The fraction of sp³-hybridized carbons (Fsp3) is 0. The van der Waals surface area contributed by atoms with E-state index in [4.69, 9.17) is 0 Å². The minimum atomic E-state index is -2.73. The molecule has 0 saturated carbocycles. The highest BCUT2D eigenvalue weighted by molar-refractivity contribution is 7.20. The smallest absolute Gasteiger partial charge is 0.179 e. The molecule has 2 nitrogen and oxygen atoms in total. The average molecular weight is 667 g/mol. The lowest BCUT2D eigenvalue weighted by molar-refractivity contribution is 1.18. The van der Waals surface area contributed by atoms with E-state index in [0.29, 0.717) is 0 Å². The Kier molecular flexibility index (Phi) is 6.86. The van der Waals surface area contributed by atoms with E-state index in [2.05, 4.69) is 210 Å². The van der Waals surface area contributed by atoms with Gasteiger partial charge in [0.05, 0.1) is 16.7 Å². The van der Waals surface area contributed by atoms with Crippen LogP contribution in [0.25, 0.3) is 60.4 Å². The van der Waals surface area contributed by atoms with Gasteiger partial charge < -0.3 is 9.55 Å². The molecular weight excluding hydrogens is 633 g/mol. The number of rotatable bonds is 6. The van der Waals surface area contributed by atoms with Gasteiger partial charge in [0.25, 0.3) is 0 Å². The van der Waals surface area contributed by atoms with Crippen LogP contribution in [-0.2, 0) is 0 Å². The Hall–Kier alpha value is -6.42. The monoisotopic (exact) mass is 666 g/mol. The minimum absolute atomic E-state index is 1.16. The van der Waals surface area contributed by atoms with Gasteiger partial charge >= 0.3 is 0 Å². The predicted octanol–water partition coefficient (Wildman–Crippen LogP) is 9.46. The van der Waals surface area contributed by atoms with E-state index in [9.17, 15) is 0 Å². The van der Waals surface area contributed by atoms with E-state index in [1.54, 1.807) is 0 Å². The lowest BCUT2D eigenvalue weighted by Crippen LogP contribution is -2.74. The first-order valence-corrected chi connectivity index (χ1v) is 19.6. The van der Waals surface area contributed by atoms with E-state index in [1.807, 2.05) is 0 Å². The fourth-order valence-electron chi connectivity index (χ4n) is 8.46. The first-order chi connectivity index (χ1) is 25.3. The van der Waals surface area contributed by atoms with Crippen molar-refractivity contribution < 1.29 is 0 Å². The number of aromatic nitrogens is 2. The van der Waals surface area contributed by atoms with Crippen molar-refractivity contribution in [2.75, 3.05) is 0 Å². The molecule has 2 aromatic heterocycles. The number of benzene rings is 8. The molecule has 0 unspecified atom stereocenters. The SMILES string of the molecule is c1ccc([Si](c2ccccc2)(c2ccccc2)c2ccc3c4ccccc4n(-c4ccccc4-c4ccc5[nH]c6ccccc6c5c4)c3c2)cc1. The summed E-state index contributed by atoms with van der Waals surface area (Å²) >= 11 is 0. The molecule has 240 valence electrons. The summed E-state index contributed by atoms with van der Waals surface area (Å²) in [5, 5.41) is 10.5. The predicted molar refractivity (Wildman–Crippen MR) is 219 cm³/mol. The Labute approximate surface area is 297 Å². The fourth-order valence-corrected chi connectivity index (χ4v) is 13.2. The molecule has 0 spiro atoms.